The Balaban J connectivity index is 1.13. The number of fused-ring (bicyclic) bond motifs is 2. The number of ether oxygens (including phenoxy) is 1. The minimum absolute atomic E-state index is 0.0105. The highest BCUT2D eigenvalue weighted by Gasteiger charge is 2.35. The lowest BCUT2D eigenvalue weighted by atomic mass is 9.98. The van der Waals surface area contributed by atoms with Gasteiger partial charge in [0.15, 0.2) is 11.7 Å². The number of carbonyl (C=O) groups excluding carboxylic acids is 3. The number of aromatic nitrogens is 1. The second-order valence-corrected chi connectivity index (χ2v) is 12.5. The molecule has 3 aromatic rings. The number of anilines is 1. The first-order valence-electron chi connectivity index (χ1n) is 15.7. The zero-order valence-electron chi connectivity index (χ0n) is 25.7. The molecule has 2 aromatic carbocycles. The monoisotopic (exact) mass is 603 g/mol. The van der Waals surface area contributed by atoms with Crippen LogP contribution in [0.25, 0.3) is 11.1 Å². The van der Waals surface area contributed by atoms with E-state index in [1.807, 2.05) is 42.2 Å². The number of hydrogen-bond donors (Lipinski definition) is 1. The van der Waals surface area contributed by atoms with E-state index >= 15 is 0 Å². The van der Waals surface area contributed by atoms with Crippen LogP contribution in [0.15, 0.2) is 45.6 Å². The number of oxazole rings is 1. The number of rotatable bonds is 5. The maximum absolute atomic E-state index is 13.8. The van der Waals surface area contributed by atoms with Crippen LogP contribution in [0.3, 0.4) is 0 Å². The number of nitrogens with one attached hydrogen (secondary N) is 1. The van der Waals surface area contributed by atoms with Crippen LogP contribution in [-0.4, -0.2) is 82.2 Å². The van der Waals surface area contributed by atoms with E-state index in [4.69, 9.17) is 9.15 Å². The summed E-state index contributed by atoms with van der Waals surface area (Å²) < 4.78 is 12.9. The van der Waals surface area contributed by atoms with E-state index in [1.165, 1.54) is 4.57 Å². The smallest absolute Gasteiger partial charge is 0.419 e. The van der Waals surface area contributed by atoms with Crippen molar-refractivity contribution in [2.75, 3.05) is 38.0 Å². The molecule has 3 aliphatic rings. The van der Waals surface area contributed by atoms with Crippen molar-refractivity contribution in [1.82, 2.24) is 19.3 Å². The highest BCUT2D eigenvalue weighted by Crippen LogP contribution is 2.26. The minimum Gasteiger partial charge on any atom is -0.436 e. The first-order valence-corrected chi connectivity index (χ1v) is 15.7. The van der Waals surface area contributed by atoms with Crippen molar-refractivity contribution in [1.29, 1.82) is 0 Å². The normalized spacial score (nSPS) is 19.0. The maximum Gasteiger partial charge on any atom is 0.419 e. The largest absolute Gasteiger partial charge is 0.436 e. The summed E-state index contributed by atoms with van der Waals surface area (Å²) >= 11 is 0. The summed E-state index contributed by atoms with van der Waals surface area (Å²) in [4.78, 5) is 57.7. The van der Waals surface area contributed by atoms with E-state index in [9.17, 15) is 19.2 Å². The van der Waals surface area contributed by atoms with Gasteiger partial charge in [-0.1, -0.05) is 31.2 Å². The Labute approximate surface area is 256 Å². The Bertz CT molecular complexity index is 1610. The van der Waals surface area contributed by atoms with Crippen LogP contribution in [0.5, 0.6) is 0 Å². The highest BCUT2D eigenvalue weighted by molar-refractivity contribution is 5.91. The van der Waals surface area contributed by atoms with Crippen LogP contribution < -0.4 is 11.1 Å². The third-order valence-electron chi connectivity index (χ3n) is 9.47. The van der Waals surface area contributed by atoms with Gasteiger partial charge in [0.1, 0.15) is 0 Å². The third kappa shape index (κ3) is 6.05. The molecule has 0 bridgehead atoms. The molecule has 1 aromatic heterocycles. The van der Waals surface area contributed by atoms with Crippen LogP contribution >= 0.6 is 0 Å². The topological polar surface area (TPSA) is 117 Å². The number of amides is 4. The number of piperidine rings is 2. The zero-order chi connectivity index (χ0) is 31.0. The van der Waals surface area contributed by atoms with Crippen molar-refractivity contribution in [3.8, 4) is 0 Å². The van der Waals surface area contributed by atoms with Gasteiger partial charge in [-0.2, -0.15) is 0 Å². The molecule has 0 aliphatic carbocycles. The SMILES string of the molecule is Cc1cc(C[C@@H](OC(=O)N2CCC(N3CCc4ccccc4NC3=O)CC2)C(=O)N2CCC(C)CC2)cc2oc(=O)n(C)c12. The van der Waals surface area contributed by atoms with E-state index < -0.39 is 18.0 Å². The molecule has 44 heavy (non-hydrogen) atoms. The standard InChI is InChI=1S/C33H41N5O6/c1-21-8-13-36(14-9-21)30(39)28(20-23-18-22(2)29-27(19-23)43-32(41)35(29)3)44-33(42)37-15-11-25(12-16-37)38-17-10-24-6-4-5-7-26(24)34-31(38)40/h4-7,18-19,21,25,28H,8-17,20H2,1-3H3,(H,34,40)/t28-/m1/s1. The van der Waals surface area contributed by atoms with E-state index in [0.29, 0.717) is 62.6 Å². The summed E-state index contributed by atoms with van der Waals surface area (Å²) in [6, 6.07) is 11.4. The summed E-state index contributed by atoms with van der Waals surface area (Å²) in [5.41, 5.74) is 4.72. The van der Waals surface area contributed by atoms with Crippen molar-refractivity contribution < 1.29 is 23.5 Å². The van der Waals surface area contributed by atoms with E-state index in [0.717, 1.165) is 41.6 Å². The number of likely N-dealkylation sites (tertiary alicyclic amines) is 2. The molecule has 2 fully saturated rings. The number of benzene rings is 2. The Kier molecular flexibility index (Phi) is 8.38. The second-order valence-electron chi connectivity index (χ2n) is 12.5. The van der Waals surface area contributed by atoms with Gasteiger partial charge < -0.3 is 29.2 Å². The molecular weight excluding hydrogens is 562 g/mol. The molecule has 2 saturated heterocycles. The Morgan fingerprint density at radius 3 is 2.45 bits per heavy atom. The molecule has 0 unspecified atom stereocenters. The lowest BCUT2D eigenvalue weighted by Crippen LogP contribution is -2.51. The number of nitrogens with zero attached hydrogens (tertiary/aromatic N) is 4. The van der Waals surface area contributed by atoms with Crippen molar-refractivity contribution in [2.24, 2.45) is 13.0 Å². The van der Waals surface area contributed by atoms with Gasteiger partial charge in [-0.15, -0.1) is 0 Å². The number of para-hydroxylation sites is 1. The molecule has 1 N–H and O–H groups in total. The summed E-state index contributed by atoms with van der Waals surface area (Å²) in [5, 5.41) is 3.03. The molecule has 4 heterocycles. The Morgan fingerprint density at radius 1 is 1.00 bits per heavy atom. The van der Waals surface area contributed by atoms with Gasteiger partial charge in [-0.25, -0.2) is 14.4 Å². The number of carbonyl (C=O) groups is 3. The lowest BCUT2D eigenvalue weighted by molar-refractivity contribution is -0.142. The first-order chi connectivity index (χ1) is 21.2. The Morgan fingerprint density at radius 2 is 1.70 bits per heavy atom. The summed E-state index contributed by atoms with van der Waals surface area (Å²) in [5.74, 6) is -0.103. The minimum atomic E-state index is -1.00. The predicted molar refractivity (Wildman–Crippen MR) is 166 cm³/mol. The fourth-order valence-electron chi connectivity index (χ4n) is 6.82. The van der Waals surface area contributed by atoms with Gasteiger partial charge in [-0.05, 0) is 73.8 Å². The Hall–Kier alpha value is -4.28. The quantitative estimate of drug-likeness (QED) is 0.465. The molecule has 1 atom stereocenters. The lowest BCUT2D eigenvalue weighted by Gasteiger charge is -2.38. The van der Waals surface area contributed by atoms with Crippen molar-refractivity contribution >= 4 is 34.8 Å². The predicted octanol–water partition coefficient (Wildman–Crippen LogP) is 4.30. The molecule has 6 rings (SSSR count). The maximum atomic E-state index is 13.8. The van der Waals surface area contributed by atoms with Gasteiger partial charge >= 0.3 is 17.9 Å². The fraction of sp³-hybridized carbons (Fsp3) is 0.515. The number of hydrogen-bond acceptors (Lipinski definition) is 6. The average Bonchev–Trinajstić information content (AvgIpc) is 3.19. The number of aryl methyl sites for hydroxylation is 2. The average molecular weight is 604 g/mol. The number of urea groups is 1. The van der Waals surface area contributed by atoms with Gasteiger partial charge in [0, 0.05) is 57.9 Å². The molecule has 3 aliphatic heterocycles. The summed E-state index contributed by atoms with van der Waals surface area (Å²) in [6.07, 6.45) is 2.50. The molecule has 0 radical (unpaired) electrons. The van der Waals surface area contributed by atoms with E-state index in [-0.39, 0.29) is 24.4 Å². The van der Waals surface area contributed by atoms with Crippen LogP contribution in [0.4, 0.5) is 15.3 Å². The van der Waals surface area contributed by atoms with E-state index in [2.05, 4.69) is 12.2 Å². The van der Waals surface area contributed by atoms with Gasteiger partial charge in [-0.3, -0.25) is 9.36 Å². The highest BCUT2D eigenvalue weighted by atomic mass is 16.6. The first kappa shape index (κ1) is 29.8. The molecule has 0 saturated carbocycles. The third-order valence-corrected chi connectivity index (χ3v) is 9.47. The second kappa shape index (κ2) is 12.4. The van der Waals surface area contributed by atoms with Gasteiger partial charge in [0.05, 0.1) is 5.52 Å². The fourth-order valence-corrected chi connectivity index (χ4v) is 6.82. The summed E-state index contributed by atoms with van der Waals surface area (Å²) in [7, 11) is 1.66. The zero-order valence-corrected chi connectivity index (χ0v) is 25.7. The van der Waals surface area contributed by atoms with Crippen molar-refractivity contribution in [2.45, 2.75) is 64.5 Å². The van der Waals surface area contributed by atoms with Crippen molar-refractivity contribution in [3.63, 3.8) is 0 Å². The van der Waals surface area contributed by atoms with Crippen molar-refractivity contribution in [3.05, 3.63) is 63.6 Å². The molecule has 0 spiro atoms. The summed E-state index contributed by atoms with van der Waals surface area (Å²) in [6.45, 7) is 6.82. The van der Waals surface area contributed by atoms with Crippen LogP contribution in [-0.2, 0) is 29.4 Å². The van der Waals surface area contributed by atoms with Crippen LogP contribution in [0, 0.1) is 12.8 Å². The molecular formula is C33H41N5O6. The van der Waals surface area contributed by atoms with E-state index in [1.54, 1.807) is 22.9 Å². The molecule has 11 nitrogen and oxygen atoms in total. The van der Waals surface area contributed by atoms with Gasteiger partial charge in [0.2, 0.25) is 0 Å². The molecule has 4 amide bonds. The van der Waals surface area contributed by atoms with Crippen LogP contribution in [0.2, 0.25) is 0 Å². The van der Waals surface area contributed by atoms with Crippen LogP contribution in [0.1, 0.15) is 49.3 Å². The van der Waals surface area contributed by atoms with Gasteiger partial charge in [0.25, 0.3) is 5.91 Å². The molecule has 234 valence electrons. The molecule has 11 heteroatoms.